The summed E-state index contributed by atoms with van der Waals surface area (Å²) in [5.74, 6) is 0.274. The summed E-state index contributed by atoms with van der Waals surface area (Å²) in [6, 6.07) is 3.84. The van der Waals surface area contributed by atoms with E-state index in [1.807, 2.05) is 24.6 Å². The van der Waals surface area contributed by atoms with Crippen molar-refractivity contribution in [1.82, 2.24) is 19.9 Å². The Hall–Kier alpha value is -2.08. The number of pyridine rings is 1. The normalized spacial score (nSPS) is 10.9. The van der Waals surface area contributed by atoms with Gasteiger partial charge in [-0.05, 0) is 18.4 Å². The van der Waals surface area contributed by atoms with Crippen LogP contribution in [0.15, 0.2) is 35.6 Å². The first kappa shape index (κ1) is 11.0. The summed E-state index contributed by atoms with van der Waals surface area (Å²) < 4.78 is 0. The number of thioether (sulfide) groups is 1. The minimum atomic E-state index is 0.274. The molecule has 0 saturated carbocycles. The maximum Gasteiger partial charge on any atom is 0.220 e. The molecule has 3 aromatic heterocycles. The van der Waals surface area contributed by atoms with Crippen LogP contribution in [0.5, 0.6) is 0 Å². The molecule has 18 heavy (non-hydrogen) atoms. The standard InChI is InChI=1S/C12H11N5S/c1-18-9-3-5-14-11-10(9)7(6-16-11)8-2-4-15-12(13)17-8/h2-6H,1H3,(H,14,16)(H2,13,15,17). The first-order valence-electron chi connectivity index (χ1n) is 5.38. The summed E-state index contributed by atoms with van der Waals surface area (Å²) in [6.07, 6.45) is 7.40. The highest BCUT2D eigenvalue weighted by atomic mass is 32.2. The number of aromatic amines is 1. The Labute approximate surface area is 108 Å². The van der Waals surface area contributed by atoms with Crippen molar-refractivity contribution in [3.8, 4) is 11.3 Å². The maximum atomic E-state index is 5.63. The van der Waals surface area contributed by atoms with Crippen molar-refractivity contribution in [1.29, 1.82) is 0 Å². The second-order valence-electron chi connectivity index (χ2n) is 3.74. The lowest BCUT2D eigenvalue weighted by molar-refractivity contribution is 1.19. The van der Waals surface area contributed by atoms with E-state index in [1.54, 1.807) is 24.2 Å². The highest BCUT2D eigenvalue weighted by Crippen LogP contribution is 2.33. The van der Waals surface area contributed by atoms with Crippen molar-refractivity contribution in [3.63, 3.8) is 0 Å². The molecule has 0 aliphatic heterocycles. The molecule has 0 amide bonds. The van der Waals surface area contributed by atoms with E-state index in [0.717, 1.165) is 27.2 Å². The van der Waals surface area contributed by atoms with E-state index in [0.29, 0.717) is 0 Å². The summed E-state index contributed by atoms with van der Waals surface area (Å²) in [4.78, 5) is 16.8. The van der Waals surface area contributed by atoms with E-state index in [-0.39, 0.29) is 5.95 Å². The lowest BCUT2D eigenvalue weighted by Gasteiger charge is -2.02. The fraction of sp³-hybridized carbons (Fsp3) is 0.0833. The Morgan fingerprint density at radius 3 is 2.83 bits per heavy atom. The van der Waals surface area contributed by atoms with E-state index in [1.165, 1.54) is 0 Å². The van der Waals surface area contributed by atoms with Gasteiger partial charge in [0, 0.05) is 34.4 Å². The average Bonchev–Trinajstić information content (AvgIpc) is 2.82. The molecule has 0 unspecified atom stereocenters. The van der Waals surface area contributed by atoms with E-state index in [9.17, 15) is 0 Å². The number of nitrogens with two attached hydrogens (primary N) is 1. The first-order valence-corrected chi connectivity index (χ1v) is 6.61. The van der Waals surface area contributed by atoms with Crippen LogP contribution < -0.4 is 5.73 Å². The summed E-state index contributed by atoms with van der Waals surface area (Å²) in [7, 11) is 0. The number of nitrogens with zero attached hydrogens (tertiary/aromatic N) is 3. The predicted molar refractivity (Wildman–Crippen MR) is 73.3 cm³/mol. The Bertz CT molecular complexity index is 707. The number of nitrogen functional groups attached to an aromatic ring is 1. The van der Waals surface area contributed by atoms with Gasteiger partial charge in [0.25, 0.3) is 0 Å². The van der Waals surface area contributed by atoms with Crippen LogP contribution >= 0.6 is 11.8 Å². The van der Waals surface area contributed by atoms with Gasteiger partial charge in [0.1, 0.15) is 5.65 Å². The van der Waals surface area contributed by atoms with Gasteiger partial charge in [-0.1, -0.05) is 0 Å². The molecule has 90 valence electrons. The molecule has 0 radical (unpaired) electrons. The molecule has 6 heteroatoms. The number of anilines is 1. The second kappa shape index (κ2) is 4.30. The number of fused-ring (bicyclic) bond motifs is 1. The van der Waals surface area contributed by atoms with Gasteiger partial charge in [0.15, 0.2) is 0 Å². The molecule has 3 heterocycles. The van der Waals surface area contributed by atoms with Gasteiger partial charge in [-0.25, -0.2) is 15.0 Å². The van der Waals surface area contributed by atoms with E-state index >= 15 is 0 Å². The number of hydrogen-bond donors (Lipinski definition) is 2. The Kier molecular flexibility index (Phi) is 2.64. The zero-order valence-corrected chi connectivity index (χ0v) is 10.5. The minimum Gasteiger partial charge on any atom is -0.368 e. The second-order valence-corrected chi connectivity index (χ2v) is 4.59. The van der Waals surface area contributed by atoms with Crippen molar-refractivity contribution in [3.05, 3.63) is 30.7 Å². The molecule has 3 N–H and O–H groups in total. The number of aromatic nitrogens is 4. The Morgan fingerprint density at radius 2 is 2.06 bits per heavy atom. The Balaban J connectivity index is 2.30. The lowest BCUT2D eigenvalue weighted by Crippen LogP contribution is -1.94. The minimum absolute atomic E-state index is 0.274. The van der Waals surface area contributed by atoms with Gasteiger partial charge in [0.2, 0.25) is 5.95 Å². The van der Waals surface area contributed by atoms with Gasteiger partial charge in [-0.15, -0.1) is 11.8 Å². The molecule has 0 aliphatic carbocycles. The van der Waals surface area contributed by atoms with Gasteiger partial charge in [0.05, 0.1) is 5.69 Å². The molecule has 0 aliphatic rings. The number of nitrogens with one attached hydrogen (secondary N) is 1. The molecule has 0 aromatic carbocycles. The number of hydrogen-bond acceptors (Lipinski definition) is 5. The molecular weight excluding hydrogens is 246 g/mol. The monoisotopic (exact) mass is 257 g/mol. The summed E-state index contributed by atoms with van der Waals surface area (Å²) in [5, 5.41) is 1.07. The summed E-state index contributed by atoms with van der Waals surface area (Å²) in [6.45, 7) is 0. The molecule has 0 bridgehead atoms. The summed E-state index contributed by atoms with van der Waals surface area (Å²) >= 11 is 1.68. The highest BCUT2D eigenvalue weighted by Gasteiger charge is 2.12. The SMILES string of the molecule is CSc1ccnc2[nH]cc(-c3ccnc(N)n3)c12. The largest absolute Gasteiger partial charge is 0.368 e. The van der Waals surface area contributed by atoms with Crippen molar-refractivity contribution in [2.24, 2.45) is 0 Å². The molecule has 3 rings (SSSR count). The Morgan fingerprint density at radius 1 is 1.22 bits per heavy atom. The molecule has 3 aromatic rings. The third-order valence-electron chi connectivity index (χ3n) is 2.71. The smallest absolute Gasteiger partial charge is 0.220 e. The van der Waals surface area contributed by atoms with Crippen LogP contribution in [0.25, 0.3) is 22.3 Å². The molecule has 0 spiro atoms. The fourth-order valence-electron chi connectivity index (χ4n) is 1.92. The topological polar surface area (TPSA) is 80.5 Å². The first-order chi connectivity index (χ1) is 8.79. The van der Waals surface area contributed by atoms with E-state index < -0.39 is 0 Å². The average molecular weight is 257 g/mol. The predicted octanol–water partition coefficient (Wildman–Crippen LogP) is 2.32. The molecule has 0 fully saturated rings. The van der Waals surface area contributed by atoms with Gasteiger partial charge >= 0.3 is 0 Å². The van der Waals surface area contributed by atoms with Crippen LogP contribution in [0.3, 0.4) is 0 Å². The van der Waals surface area contributed by atoms with Gasteiger partial charge in [-0.3, -0.25) is 0 Å². The van der Waals surface area contributed by atoms with Crippen LogP contribution in [0, 0.1) is 0 Å². The van der Waals surface area contributed by atoms with Crippen molar-refractivity contribution >= 4 is 28.7 Å². The van der Waals surface area contributed by atoms with Gasteiger partial charge < -0.3 is 10.7 Å². The van der Waals surface area contributed by atoms with E-state index in [2.05, 4.69) is 19.9 Å². The third-order valence-corrected chi connectivity index (χ3v) is 3.49. The van der Waals surface area contributed by atoms with Crippen LogP contribution in [0.4, 0.5) is 5.95 Å². The molecule has 5 nitrogen and oxygen atoms in total. The zero-order chi connectivity index (χ0) is 12.5. The number of rotatable bonds is 2. The van der Waals surface area contributed by atoms with E-state index in [4.69, 9.17) is 5.73 Å². The molecule has 0 saturated heterocycles. The zero-order valence-electron chi connectivity index (χ0n) is 9.71. The van der Waals surface area contributed by atoms with Crippen LogP contribution in [0.2, 0.25) is 0 Å². The number of H-pyrrole nitrogens is 1. The maximum absolute atomic E-state index is 5.63. The van der Waals surface area contributed by atoms with Crippen molar-refractivity contribution in [2.75, 3.05) is 12.0 Å². The van der Waals surface area contributed by atoms with Crippen LogP contribution in [-0.2, 0) is 0 Å². The van der Waals surface area contributed by atoms with Crippen molar-refractivity contribution < 1.29 is 0 Å². The highest BCUT2D eigenvalue weighted by molar-refractivity contribution is 7.98. The summed E-state index contributed by atoms with van der Waals surface area (Å²) in [5.41, 5.74) is 8.28. The molecule has 0 atom stereocenters. The lowest BCUT2D eigenvalue weighted by atomic mass is 10.1. The van der Waals surface area contributed by atoms with Crippen LogP contribution in [0.1, 0.15) is 0 Å². The third kappa shape index (κ3) is 1.70. The quantitative estimate of drug-likeness (QED) is 0.689. The van der Waals surface area contributed by atoms with Gasteiger partial charge in [-0.2, -0.15) is 0 Å². The van der Waals surface area contributed by atoms with Crippen molar-refractivity contribution in [2.45, 2.75) is 4.90 Å². The fourth-order valence-corrected chi connectivity index (χ4v) is 2.53. The molecular formula is C12H11N5S. The van der Waals surface area contributed by atoms with Crippen LogP contribution in [-0.4, -0.2) is 26.2 Å².